The second-order valence-corrected chi connectivity index (χ2v) is 5.13. The van der Waals surface area contributed by atoms with E-state index in [1.165, 1.54) is 0 Å². The number of hydrogen-bond donors (Lipinski definition) is 2. The lowest BCUT2D eigenvalue weighted by Gasteiger charge is -2.23. The van der Waals surface area contributed by atoms with Crippen molar-refractivity contribution < 1.29 is 9.59 Å². The summed E-state index contributed by atoms with van der Waals surface area (Å²) in [6.45, 7) is 7.45. The quantitative estimate of drug-likeness (QED) is 0.695. The first kappa shape index (κ1) is 15.0. The van der Waals surface area contributed by atoms with E-state index in [9.17, 15) is 9.59 Å². The molecule has 0 aromatic heterocycles. The highest BCUT2D eigenvalue weighted by atomic mass is 16.2. The zero-order valence-corrected chi connectivity index (χ0v) is 11.7. The third-order valence-corrected chi connectivity index (χ3v) is 3.66. The number of hydrogen-bond acceptors (Lipinski definition) is 3. The second-order valence-electron chi connectivity index (χ2n) is 5.13. The van der Waals surface area contributed by atoms with Gasteiger partial charge in [0, 0.05) is 26.1 Å². The summed E-state index contributed by atoms with van der Waals surface area (Å²) in [4.78, 5) is 25.4. The molecule has 1 aliphatic carbocycles. The summed E-state index contributed by atoms with van der Waals surface area (Å²) in [5.41, 5.74) is 5.21. The first-order chi connectivity index (χ1) is 8.43. The van der Waals surface area contributed by atoms with Crippen LogP contribution in [0.5, 0.6) is 0 Å². The van der Waals surface area contributed by atoms with Crippen LogP contribution in [0.15, 0.2) is 0 Å². The van der Waals surface area contributed by atoms with Crippen LogP contribution in [0.4, 0.5) is 0 Å². The molecule has 18 heavy (non-hydrogen) atoms. The third-order valence-electron chi connectivity index (χ3n) is 3.66. The largest absolute Gasteiger partial charge is 0.354 e. The van der Waals surface area contributed by atoms with Gasteiger partial charge in [-0.3, -0.25) is 9.59 Å². The molecule has 5 heteroatoms. The van der Waals surface area contributed by atoms with Gasteiger partial charge in [0.25, 0.3) is 0 Å². The van der Waals surface area contributed by atoms with E-state index in [1.54, 1.807) is 11.8 Å². The van der Waals surface area contributed by atoms with E-state index in [2.05, 4.69) is 5.32 Å². The Balaban J connectivity index is 2.29. The number of nitrogens with zero attached hydrogens (tertiary/aromatic N) is 1. The molecular formula is C13H25N3O2. The van der Waals surface area contributed by atoms with Crippen LogP contribution < -0.4 is 11.1 Å². The fourth-order valence-corrected chi connectivity index (χ4v) is 2.08. The van der Waals surface area contributed by atoms with Gasteiger partial charge in [-0.1, -0.05) is 0 Å². The predicted octanol–water partition coefficient (Wildman–Crippen LogP) is 0.489. The average Bonchev–Trinajstić information content (AvgIpc) is 3.14. The Morgan fingerprint density at radius 1 is 1.33 bits per heavy atom. The Morgan fingerprint density at radius 3 is 2.33 bits per heavy atom. The number of rotatable bonds is 7. The van der Waals surface area contributed by atoms with Crippen molar-refractivity contribution in [2.75, 3.05) is 19.6 Å². The van der Waals surface area contributed by atoms with E-state index in [0.29, 0.717) is 32.0 Å². The monoisotopic (exact) mass is 255 g/mol. The molecule has 0 heterocycles. The van der Waals surface area contributed by atoms with Crippen molar-refractivity contribution in [1.82, 2.24) is 10.2 Å². The molecular weight excluding hydrogens is 230 g/mol. The van der Waals surface area contributed by atoms with Crippen LogP contribution in [0.3, 0.4) is 0 Å². The summed E-state index contributed by atoms with van der Waals surface area (Å²) in [5.74, 6) is 0.235. The minimum Gasteiger partial charge on any atom is -0.354 e. The molecule has 1 rings (SSSR count). The highest BCUT2D eigenvalue weighted by Crippen LogP contribution is 2.38. The Labute approximate surface area is 109 Å². The van der Waals surface area contributed by atoms with Crippen molar-refractivity contribution in [2.45, 2.75) is 45.6 Å². The van der Waals surface area contributed by atoms with Gasteiger partial charge >= 0.3 is 0 Å². The molecule has 0 radical (unpaired) electrons. The van der Waals surface area contributed by atoms with Gasteiger partial charge in [-0.2, -0.15) is 0 Å². The van der Waals surface area contributed by atoms with Crippen molar-refractivity contribution >= 4 is 11.8 Å². The van der Waals surface area contributed by atoms with Crippen molar-refractivity contribution in [2.24, 2.45) is 11.7 Å². The van der Waals surface area contributed by atoms with Crippen LogP contribution in [-0.2, 0) is 9.59 Å². The van der Waals surface area contributed by atoms with Crippen LogP contribution in [0.2, 0.25) is 0 Å². The molecule has 5 nitrogen and oxygen atoms in total. The van der Waals surface area contributed by atoms with E-state index >= 15 is 0 Å². The molecule has 0 aliphatic heterocycles. The Kier molecular flexibility index (Phi) is 5.14. The summed E-state index contributed by atoms with van der Waals surface area (Å²) >= 11 is 0. The maximum atomic E-state index is 11.9. The Bertz CT molecular complexity index is 307. The zero-order valence-electron chi connectivity index (χ0n) is 11.7. The van der Waals surface area contributed by atoms with Crippen LogP contribution >= 0.6 is 0 Å². The Hall–Kier alpha value is -1.10. The molecule has 1 saturated carbocycles. The van der Waals surface area contributed by atoms with Gasteiger partial charge in [0.05, 0.1) is 5.54 Å². The highest BCUT2D eigenvalue weighted by Gasteiger charge is 2.43. The molecule has 0 aromatic carbocycles. The lowest BCUT2D eigenvalue weighted by atomic mass is 9.96. The van der Waals surface area contributed by atoms with Crippen LogP contribution in [0.25, 0.3) is 0 Å². The third kappa shape index (κ3) is 3.70. The summed E-state index contributed by atoms with van der Waals surface area (Å²) in [6.07, 6.45) is 2.39. The molecule has 1 aliphatic rings. The molecule has 0 bridgehead atoms. The van der Waals surface area contributed by atoms with Crippen molar-refractivity contribution in [1.29, 1.82) is 0 Å². The van der Waals surface area contributed by atoms with Crippen LogP contribution in [-0.4, -0.2) is 41.9 Å². The fourth-order valence-electron chi connectivity index (χ4n) is 2.08. The van der Waals surface area contributed by atoms with Crippen molar-refractivity contribution in [3.8, 4) is 0 Å². The minimum atomic E-state index is -0.780. The zero-order chi connectivity index (χ0) is 13.8. The topological polar surface area (TPSA) is 75.4 Å². The van der Waals surface area contributed by atoms with Crippen LogP contribution in [0, 0.1) is 5.92 Å². The number of amides is 2. The number of nitrogens with one attached hydrogen (secondary N) is 1. The van der Waals surface area contributed by atoms with Crippen LogP contribution in [0.1, 0.15) is 40.0 Å². The van der Waals surface area contributed by atoms with Gasteiger partial charge in [0.1, 0.15) is 0 Å². The summed E-state index contributed by atoms with van der Waals surface area (Å²) < 4.78 is 0. The fraction of sp³-hybridized carbons (Fsp3) is 0.846. The molecule has 104 valence electrons. The van der Waals surface area contributed by atoms with E-state index in [0.717, 1.165) is 12.8 Å². The van der Waals surface area contributed by atoms with Crippen molar-refractivity contribution in [3.63, 3.8) is 0 Å². The van der Waals surface area contributed by atoms with Gasteiger partial charge in [-0.25, -0.2) is 0 Å². The van der Waals surface area contributed by atoms with Gasteiger partial charge in [-0.05, 0) is 39.5 Å². The Morgan fingerprint density at radius 2 is 1.89 bits per heavy atom. The molecule has 1 unspecified atom stereocenters. The lowest BCUT2D eigenvalue weighted by molar-refractivity contribution is -0.131. The highest BCUT2D eigenvalue weighted by molar-refractivity contribution is 5.87. The van der Waals surface area contributed by atoms with Gasteiger partial charge in [0.2, 0.25) is 11.8 Å². The van der Waals surface area contributed by atoms with E-state index in [4.69, 9.17) is 5.73 Å². The molecule has 1 atom stereocenters. The average molecular weight is 255 g/mol. The van der Waals surface area contributed by atoms with E-state index < -0.39 is 5.54 Å². The minimum absolute atomic E-state index is 0.0745. The molecule has 0 spiro atoms. The van der Waals surface area contributed by atoms with Gasteiger partial charge < -0.3 is 16.0 Å². The molecule has 0 aromatic rings. The lowest BCUT2D eigenvalue weighted by Crippen LogP contribution is -2.53. The SMILES string of the molecule is CCN(CC)C(=O)CCNC(=O)C(C)(N)C1CC1. The van der Waals surface area contributed by atoms with Gasteiger partial charge in [0.15, 0.2) is 0 Å². The smallest absolute Gasteiger partial charge is 0.240 e. The summed E-state index contributed by atoms with van der Waals surface area (Å²) in [6, 6.07) is 0. The van der Waals surface area contributed by atoms with Gasteiger partial charge in [-0.15, -0.1) is 0 Å². The number of carbonyl (C=O) groups excluding carboxylic acids is 2. The standard InChI is InChI=1S/C13H25N3O2/c1-4-16(5-2)11(17)8-9-15-12(18)13(3,14)10-6-7-10/h10H,4-9,14H2,1-3H3,(H,15,18). The maximum absolute atomic E-state index is 11.9. The van der Waals surface area contributed by atoms with E-state index in [1.807, 2.05) is 13.8 Å². The summed E-state index contributed by atoms with van der Waals surface area (Å²) in [5, 5.41) is 2.77. The summed E-state index contributed by atoms with van der Waals surface area (Å²) in [7, 11) is 0. The van der Waals surface area contributed by atoms with E-state index in [-0.39, 0.29) is 11.8 Å². The van der Waals surface area contributed by atoms with Crippen molar-refractivity contribution in [3.05, 3.63) is 0 Å². The normalized spacial score (nSPS) is 18.0. The molecule has 2 amide bonds. The molecule has 3 N–H and O–H groups in total. The molecule has 0 saturated heterocycles. The first-order valence-electron chi connectivity index (χ1n) is 6.78. The number of nitrogens with two attached hydrogens (primary N) is 1. The predicted molar refractivity (Wildman–Crippen MR) is 70.9 cm³/mol. The first-order valence-corrected chi connectivity index (χ1v) is 6.78. The second kappa shape index (κ2) is 6.18. The molecule has 1 fully saturated rings. The maximum Gasteiger partial charge on any atom is 0.240 e. The number of carbonyl (C=O) groups is 2.